The Hall–Kier alpha value is -2.74. The number of hydrogen-bond acceptors (Lipinski definition) is 4. The number of fused-ring (bicyclic) bond motifs is 1. The number of nitrogens with one attached hydrogen (secondary N) is 2. The fourth-order valence-electron chi connectivity index (χ4n) is 3.71. The number of aromatic nitrogens is 4. The molecule has 1 saturated carbocycles. The van der Waals surface area contributed by atoms with Crippen molar-refractivity contribution in [3.63, 3.8) is 0 Å². The van der Waals surface area contributed by atoms with E-state index in [0.29, 0.717) is 18.5 Å². The Bertz CT molecular complexity index is 908. The lowest BCUT2D eigenvalue weighted by Gasteiger charge is -2.15. The highest BCUT2D eigenvalue weighted by Crippen LogP contribution is 2.36. The molecule has 2 heterocycles. The van der Waals surface area contributed by atoms with Crippen molar-refractivity contribution < 1.29 is 14.3 Å². The Kier molecular flexibility index (Phi) is 4.42. The summed E-state index contributed by atoms with van der Waals surface area (Å²) in [5.74, 6) is 0.393. The van der Waals surface area contributed by atoms with Gasteiger partial charge in [-0.25, -0.2) is 9.37 Å². The maximum absolute atomic E-state index is 13.4. The Morgan fingerprint density at radius 1 is 1.38 bits per heavy atom. The molecule has 0 spiro atoms. The van der Waals surface area contributed by atoms with Crippen LogP contribution in [0.15, 0.2) is 36.8 Å². The van der Waals surface area contributed by atoms with Gasteiger partial charge < -0.3 is 15.0 Å². The Labute approximate surface area is 149 Å². The van der Waals surface area contributed by atoms with Crippen molar-refractivity contribution in [1.82, 2.24) is 25.1 Å². The molecule has 2 aromatic heterocycles. The van der Waals surface area contributed by atoms with Crippen molar-refractivity contribution in [1.29, 1.82) is 0 Å². The number of benzene rings is 1. The van der Waals surface area contributed by atoms with Crippen LogP contribution in [0.3, 0.4) is 0 Å². The van der Waals surface area contributed by atoms with E-state index in [1.807, 2.05) is 6.07 Å². The number of carbonyl (C=O) groups excluding carboxylic acids is 1. The van der Waals surface area contributed by atoms with Crippen molar-refractivity contribution in [3.8, 4) is 0 Å². The number of amides is 1. The molecule has 8 heteroatoms. The number of rotatable bonds is 5. The van der Waals surface area contributed by atoms with Crippen LogP contribution in [0.5, 0.6) is 0 Å². The summed E-state index contributed by atoms with van der Waals surface area (Å²) >= 11 is 0. The molecule has 136 valence electrons. The molecule has 0 saturated heterocycles. The first kappa shape index (κ1) is 16.7. The smallest absolute Gasteiger partial charge is 0.239 e. The zero-order valence-electron chi connectivity index (χ0n) is 14.1. The summed E-state index contributed by atoms with van der Waals surface area (Å²) < 4.78 is 15.1. The van der Waals surface area contributed by atoms with Crippen LogP contribution in [-0.2, 0) is 11.3 Å². The average molecular weight is 357 g/mol. The monoisotopic (exact) mass is 357 g/mol. The van der Waals surface area contributed by atoms with Gasteiger partial charge in [0.2, 0.25) is 5.91 Å². The number of aliphatic hydroxyl groups is 1. The number of nitrogens with zero attached hydrogens (tertiary/aromatic N) is 3. The largest absolute Gasteiger partial charge is 0.393 e. The second-order valence-electron chi connectivity index (χ2n) is 6.82. The molecule has 0 aliphatic heterocycles. The zero-order valence-corrected chi connectivity index (χ0v) is 14.1. The number of carbonyl (C=O) groups is 1. The van der Waals surface area contributed by atoms with Crippen molar-refractivity contribution in [3.05, 3.63) is 48.4 Å². The van der Waals surface area contributed by atoms with Crippen LogP contribution >= 0.6 is 0 Å². The Morgan fingerprint density at radius 3 is 3.08 bits per heavy atom. The molecule has 1 aliphatic carbocycles. The van der Waals surface area contributed by atoms with Gasteiger partial charge in [0.25, 0.3) is 0 Å². The maximum atomic E-state index is 13.4. The molecule has 3 atom stereocenters. The molecule has 1 fully saturated rings. The topological polar surface area (TPSA) is 95.8 Å². The quantitative estimate of drug-likeness (QED) is 0.646. The minimum Gasteiger partial charge on any atom is -0.393 e. The predicted molar refractivity (Wildman–Crippen MR) is 92.8 cm³/mol. The molecule has 1 aliphatic rings. The molecule has 0 bridgehead atoms. The van der Waals surface area contributed by atoms with E-state index < -0.39 is 6.10 Å². The van der Waals surface area contributed by atoms with Crippen molar-refractivity contribution >= 4 is 16.8 Å². The maximum Gasteiger partial charge on any atom is 0.239 e. The second-order valence-corrected chi connectivity index (χ2v) is 6.82. The molecule has 1 amide bonds. The lowest BCUT2D eigenvalue weighted by Crippen LogP contribution is -2.34. The van der Waals surface area contributed by atoms with E-state index in [1.165, 1.54) is 18.5 Å². The minimum atomic E-state index is -0.480. The van der Waals surface area contributed by atoms with E-state index in [-0.39, 0.29) is 30.1 Å². The van der Waals surface area contributed by atoms with Gasteiger partial charge in [-0.3, -0.25) is 9.89 Å². The Balaban J connectivity index is 1.34. The van der Waals surface area contributed by atoms with E-state index in [4.69, 9.17) is 0 Å². The van der Waals surface area contributed by atoms with Gasteiger partial charge in [-0.2, -0.15) is 5.10 Å². The van der Waals surface area contributed by atoms with Crippen LogP contribution in [0.4, 0.5) is 4.39 Å². The first-order chi connectivity index (χ1) is 12.6. The first-order valence-electron chi connectivity index (χ1n) is 8.64. The molecular formula is C18H20FN5O2. The van der Waals surface area contributed by atoms with Gasteiger partial charge in [0, 0.05) is 24.6 Å². The molecule has 0 radical (unpaired) electrons. The van der Waals surface area contributed by atoms with E-state index >= 15 is 0 Å². The summed E-state index contributed by atoms with van der Waals surface area (Å²) in [6.45, 7) is 0.513. The Morgan fingerprint density at radius 2 is 2.27 bits per heavy atom. The highest BCUT2D eigenvalue weighted by molar-refractivity contribution is 5.83. The molecule has 1 aromatic carbocycles. The minimum absolute atomic E-state index is 0.0205. The predicted octanol–water partition coefficient (Wildman–Crippen LogP) is 1.57. The number of aliphatic hydroxyl groups excluding tert-OH is 1. The third kappa shape index (κ3) is 3.32. The number of aromatic amines is 1. The normalized spacial score (nSPS) is 22.8. The van der Waals surface area contributed by atoms with Crippen LogP contribution in [0.2, 0.25) is 0 Å². The van der Waals surface area contributed by atoms with E-state index in [1.54, 1.807) is 16.8 Å². The molecular weight excluding hydrogens is 337 g/mol. The number of hydrogen-bond donors (Lipinski definition) is 3. The van der Waals surface area contributed by atoms with E-state index in [9.17, 15) is 14.3 Å². The summed E-state index contributed by atoms with van der Waals surface area (Å²) in [5.41, 5.74) is 0.687. The summed E-state index contributed by atoms with van der Waals surface area (Å²) in [7, 11) is 0. The van der Waals surface area contributed by atoms with Crippen LogP contribution in [-0.4, -0.2) is 43.4 Å². The van der Waals surface area contributed by atoms with Gasteiger partial charge >= 0.3 is 0 Å². The lowest BCUT2D eigenvalue weighted by atomic mass is 10.0. The third-order valence-electron chi connectivity index (χ3n) is 5.09. The number of halogens is 1. The molecule has 26 heavy (non-hydrogen) atoms. The highest BCUT2D eigenvalue weighted by Gasteiger charge is 2.35. The van der Waals surface area contributed by atoms with Crippen LogP contribution in [0.1, 0.15) is 24.6 Å². The standard InChI is InChI=1S/C18H20FN5O2/c19-14-2-1-11-3-4-24(15(11)7-14)9-17(26)20-8-13-5-12(6-16(13)25)18-21-10-22-23-18/h1-4,7,10,12-13,16,25H,5-6,8-9H2,(H,20,26)(H,21,22,23)/t12-,13+,16+/m1/s1. The van der Waals surface area contributed by atoms with Gasteiger partial charge in [-0.15, -0.1) is 0 Å². The van der Waals surface area contributed by atoms with E-state index in [2.05, 4.69) is 20.5 Å². The lowest BCUT2D eigenvalue weighted by molar-refractivity contribution is -0.121. The van der Waals surface area contributed by atoms with Crippen LogP contribution in [0, 0.1) is 11.7 Å². The van der Waals surface area contributed by atoms with Crippen molar-refractivity contribution in [2.75, 3.05) is 6.54 Å². The van der Waals surface area contributed by atoms with E-state index in [0.717, 1.165) is 17.6 Å². The van der Waals surface area contributed by atoms with Gasteiger partial charge in [-0.05, 0) is 42.5 Å². The van der Waals surface area contributed by atoms with Crippen molar-refractivity contribution in [2.45, 2.75) is 31.4 Å². The van der Waals surface area contributed by atoms with Crippen LogP contribution in [0.25, 0.3) is 10.9 Å². The summed E-state index contributed by atoms with van der Waals surface area (Å²) in [4.78, 5) is 16.4. The molecule has 7 nitrogen and oxygen atoms in total. The molecule has 4 rings (SSSR count). The van der Waals surface area contributed by atoms with Gasteiger partial charge in [0.15, 0.2) is 0 Å². The summed E-state index contributed by atoms with van der Waals surface area (Å²) in [6, 6.07) is 6.37. The average Bonchev–Trinajstić information content (AvgIpc) is 3.34. The van der Waals surface area contributed by atoms with Gasteiger partial charge in [-0.1, -0.05) is 0 Å². The summed E-state index contributed by atoms with van der Waals surface area (Å²) in [6.07, 6.45) is 4.10. The van der Waals surface area contributed by atoms with Crippen molar-refractivity contribution in [2.24, 2.45) is 5.92 Å². The second kappa shape index (κ2) is 6.87. The third-order valence-corrected chi connectivity index (χ3v) is 5.09. The zero-order chi connectivity index (χ0) is 18.1. The van der Waals surface area contributed by atoms with Gasteiger partial charge in [0.1, 0.15) is 24.5 Å². The SMILES string of the molecule is O=C(Cn1ccc2ccc(F)cc21)NC[C@@H]1C[C@@H](c2ncn[nH]2)C[C@@H]1O. The highest BCUT2D eigenvalue weighted by atomic mass is 19.1. The molecule has 3 N–H and O–H groups in total. The molecule has 3 aromatic rings. The summed E-state index contributed by atoms with van der Waals surface area (Å²) in [5, 5.41) is 20.7. The van der Waals surface area contributed by atoms with Gasteiger partial charge in [0.05, 0.1) is 11.6 Å². The fraction of sp³-hybridized carbons (Fsp3) is 0.389. The fourth-order valence-corrected chi connectivity index (χ4v) is 3.71. The van der Waals surface area contributed by atoms with Crippen LogP contribution < -0.4 is 5.32 Å². The number of H-pyrrole nitrogens is 1. The first-order valence-corrected chi connectivity index (χ1v) is 8.64. The molecule has 0 unspecified atom stereocenters.